The summed E-state index contributed by atoms with van der Waals surface area (Å²) >= 11 is 0. The predicted molar refractivity (Wildman–Crippen MR) is 137 cm³/mol. The first-order chi connectivity index (χ1) is 17.4. The smallest absolute Gasteiger partial charge is 0.242 e. The molecule has 36 heavy (non-hydrogen) atoms. The number of furan rings is 1. The van der Waals surface area contributed by atoms with E-state index in [0.717, 1.165) is 16.5 Å². The van der Waals surface area contributed by atoms with E-state index in [0.29, 0.717) is 29.1 Å². The summed E-state index contributed by atoms with van der Waals surface area (Å²) in [5.41, 5.74) is 3.02. The van der Waals surface area contributed by atoms with Crippen LogP contribution < -0.4 is 16.1 Å². The number of aromatic amines is 1. The van der Waals surface area contributed by atoms with Crippen LogP contribution in [0.1, 0.15) is 16.9 Å². The van der Waals surface area contributed by atoms with E-state index >= 15 is 0 Å². The van der Waals surface area contributed by atoms with E-state index in [1.807, 2.05) is 60.8 Å². The Kier molecular flexibility index (Phi) is 6.16. The normalized spacial score (nSPS) is 12.1. The van der Waals surface area contributed by atoms with Gasteiger partial charge in [0, 0.05) is 42.2 Å². The third-order valence-corrected chi connectivity index (χ3v) is 6.15. The van der Waals surface area contributed by atoms with Crippen LogP contribution in [0.4, 0.5) is 0 Å². The Morgan fingerprint density at radius 3 is 2.53 bits per heavy atom. The minimum Gasteiger partial charge on any atom is -0.457 e. The molecule has 0 saturated heterocycles. The summed E-state index contributed by atoms with van der Waals surface area (Å²) in [6.45, 7) is 1.67. The number of hydrogen-bond donors (Lipinski definition) is 3. The van der Waals surface area contributed by atoms with Crippen molar-refractivity contribution in [2.45, 2.75) is 25.8 Å². The highest BCUT2D eigenvalue weighted by atomic mass is 16.4. The molecule has 0 bridgehead atoms. The van der Waals surface area contributed by atoms with Gasteiger partial charge >= 0.3 is 0 Å². The summed E-state index contributed by atoms with van der Waals surface area (Å²) in [6.07, 6.45) is 2.02. The van der Waals surface area contributed by atoms with Crippen LogP contribution >= 0.6 is 0 Å². The van der Waals surface area contributed by atoms with Gasteiger partial charge in [0.1, 0.15) is 17.6 Å². The van der Waals surface area contributed by atoms with Gasteiger partial charge in [-0.05, 0) is 18.6 Å². The molecular formula is C28H25N3O5. The quantitative estimate of drug-likeness (QED) is 0.325. The molecule has 1 atom stereocenters. The number of rotatable bonds is 7. The Hall–Kier alpha value is -4.59. The zero-order chi connectivity index (χ0) is 25.2. The van der Waals surface area contributed by atoms with Crippen molar-refractivity contribution < 1.29 is 18.4 Å². The minimum absolute atomic E-state index is 0.0592. The first-order valence-corrected chi connectivity index (χ1v) is 11.6. The van der Waals surface area contributed by atoms with Crippen LogP contribution in [-0.4, -0.2) is 29.9 Å². The van der Waals surface area contributed by atoms with Crippen molar-refractivity contribution in [3.05, 3.63) is 94.0 Å². The molecule has 0 aliphatic heterocycles. The highest BCUT2D eigenvalue weighted by molar-refractivity contribution is 5.93. The van der Waals surface area contributed by atoms with Gasteiger partial charge < -0.3 is 24.5 Å². The number of para-hydroxylation sites is 1. The van der Waals surface area contributed by atoms with Gasteiger partial charge in [0.25, 0.3) is 0 Å². The summed E-state index contributed by atoms with van der Waals surface area (Å²) in [5, 5.41) is 6.48. The van der Waals surface area contributed by atoms with Crippen LogP contribution in [0.15, 0.2) is 80.5 Å². The van der Waals surface area contributed by atoms with Crippen molar-refractivity contribution in [3.63, 3.8) is 0 Å². The fraction of sp³-hybridized carbons (Fsp3) is 0.179. The van der Waals surface area contributed by atoms with Crippen LogP contribution in [0.5, 0.6) is 0 Å². The third-order valence-electron chi connectivity index (χ3n) is 6.15. The van der Waals surface area contributed by atoms with Crippen LogP contribution in [0.3, 0.4) is 0 Å². The maximum Gasteiger partial charge on any atom is 0.242 e. The van der Waals surface area contributed by atoms with Crippen molar-refractivity contribution in [3.8, 4) is 11.3 Å². The standard InChI is InChI=1S/C28H25N3O5/c1-16-12-23(32)27-26(35-16)20(25(36-27)17-8-4-3-5-9-17)14-24(33)31-22(28(34)29-2)13-18-15-30-21-11-7-6-10-19(18)21/h3-12,15,22,30H,13-14H2,1-2H3,(H,29,34)(H,31,33). The van der Waals surface area contributed by atoms with E-state index in [1.54, 1.807) is 6.92 Å². The topological polar surface area (TPSA) is 117 Å². The fourth-order valence-electron chi connectivity index (χ4n) is 4.45. The second kappa shape index (κ2) is 9.58. The fourth-order valence-corrected chi connectivity index (χ4v) is 4.45. The molecule has 3 aromatic heterocycles. The van der Waals surface area contributed by atoms with Crippen LogP contribution in [0, 0.1) is 6.92 Å². The van der Waals surface area contributed by atoms with E-state index in [1.165, 1.54) is 13.1 Å². The second-order valence-corrected chi connectivity index (χ2v) is 8.63. The van der Waals surface area contributed by atoms with Gasteiger partial charge in [0.15, 0.2) is 5.58 Å². The Labute approximate surface area is 206 Å². The number of aryl methyl sites for hydroxylation is 1. The van der Waals surface area contributed by atoms with E-state index in [9.17, 15) is 14.4 Å². The summed E-state index contributed by atoms with van der Waals surface area (Å²) in [4.78, 5) is 41.7. The molecule has 5 rings (SSSR count). The summed E-state index contributed by atoms with van der Waals surface area (Å²) in [7, 11) is 1.53. The number of H-pyrrole nitrogens is 1. The lowest BCUT2D eigenvalue weighted by Crippen LogP contribution is -2.47. The Morgan fingerprint density at radius 2 is 1.75 bits per heavy atom. The number of aromatic nitrogens is 1. The number of fused-ring (bicyclic) bond motifs is 2. The molecule has 0 fully saturated rings. The lowest BCUT2D eigenvalue weighted by atomic mass is 10.0. The van der Waals surface area contributed by atoms with Gasteiger partial charge in [0.2, 0.25) is 22.8 Å². The molecule has 1 unspecified atom stereocenters. The molecule has 0 aliphatic rings. The SMILES string of the molecule is CNC(=O)C(Cc1c[nH]c2ccccc12)NC(=O)Cc1c(-c2ccccc2)oc2c(=O)cc(C)oc12. The molecule has 3 N–H and O–H groups in total. The van der Waals surface area contributed by atoms with E-state index < -0.39 is 11.9 Å². The average molecular weight is 484 g/mol. The van der Waals surface area contributed by atoms with Crippen molar-refractivity contribution in [2.75, 3.05) is 7.05 Å². The molecular weight excluding hydrogens is 458 g/mol. The number of nitrogens with one attached hydrogen (secondary N) is 3. The number of hydrogen-bond acceptors (Lipinski definition) is 5. The zero-order valence-electron chi connectivity index (χ0n) is 19.9. The number of carbonyl (C=O) groups is 2. The molecule has 2 amide bonds. The van der Waals surface area contributed by atoms with Gasteiger partial charge in [0.05, 0.1) is 12.0 Å². The van der Waals surface area contributed by atoms with Gasteiger partial charge in [-0.1, -0.05) is 48.5 Å². The summed E-state index contributed by atoms with van der Waals surface area (Å²) < 4.78 is 11.7. The summed E-state index contributed by atoms with van der Waals surface area (Å²) in [6, 6.07) is 17.6. The van der Waals surface area contributed by atoms with Gasteiger partial charge in [-0.25, -0.2) is 0 Å². The molecule has 0 saturated carbocycles. The lowest BCUT2D eigenvalue weighted by Gasteiger charge is -2.17. The Balaban J connectivity index is 1.47. The molecule has 0 spiro atoms. The number of benzene rings is 2. The van der Waals surface area contributed by atoms with E-state index in [-0.39, 0.29) is 28.9 Å². The molecule has 8 heteroatoms. The van der Waals surface area contributed by atoms with E-state index in [2.05, 4.69) is 15.6 Å². The molecule has 182 valence electrons. The number of carbonyl (C=O) groups excluding carboxylic acids is 2. The molecule has 0 aliphatic carbocycles. The largest absolute Gasteiger partial charge is 0.457 e. The zero-order valence-corrected chi connectivity index (χ0v) is 19.9. The number of likely N-dealkylation sites (N-methyl/N-ethyl adjacent to an activating group) is 1. The third kappa shape index (κ3) is 4.40. The second-order valence-electron chi connectivity index (χ2n) is 8.63. The molecule has 2 aromatic carbocycles. The first-order valence-electron chi connectivity index (χ1n) is 11.6. The Morgan fingerprint density at radius 1 is 1.00 bits per heavy atom. The van der Waals surface area contributed by atoms with Crippen LogP contribution in [-0.2, 0) is 22.4 Å². The van der Waals surface area contributed by atoms with Crippen LogP contribution in [0.2, 0.25) is 0 Å². The first kappa shape index (κ1) is 23.2. The maximum atomic E-state index is 13.3. The van der Waals surface area contributed by atoms with Crippen molar-refractivity contribution in [1.29, 1.82) is 0 Å². The van der Waals surface area contributed by atoms with Crippen molar-refractivity contribution in [1.82, 2.24) is 15.6 Å². The van der Waals surface area contributed by atoms with Gasteiger partial charge in [-0.15, -0.1) is 0 Å². The predicted octanol–water partition coefficient (Wildman–Crippen LogP) is 3.86. The van der Waals surface area contributed by atoms with E-state index in [4.69, 9.17) is 8.83 Å². The van der Waals surface area contributed by atoms with Crippen molar-refractivity contribution in [2.24, 2.45) is 0 Å². The highest BCUT2D eigenvalue weighted by Gasteiger charge is 2.26. The molecule has 5 aromatic rings. The Bertz CT molecular complexity index is 1630. The average Bonchev–Trinajstić information content (AvgIpc) is 3.45. The number of amides is 2. The van der Waals surface area contributed by atoms with Gasteiger partial charge in [-0.2, -0.15) is 0 Å². The minimum atomic E-state index is -0.797. The van der Waals surface area contributed by atoms with Crippen molar-refractivity contribution >= 4 is 33.9 Å². The van der Waals surface area contributed by atoms with Gasteiger partial charge in [-0.3, -0.25) is 14.4 Å². The monoisotopic (exact) mass is 483 g/mol. The highest BCUT2D eigenvalue weighted by Crippen LogP contribution is 2.33. The molecule has 3 heterocycles. The molecule has 8 nitrogen and oxygen atoms in total. The maximum absolute atomic E-state index is 13.3. The molecule has 0 radical (unpaired) electrons. The summed E-state index contributed by atoms with van der Waals surface area (Å²) in [5.74, 6) is 0.0984. The van der Waals surface area contributed by atoms with Crippen LogP contribution in [0.25, 0.3) is 33.4 Å². The lowest BCUT2D eigenvalue weighted by molar-refractivity contribution is -0.128.